The van der Waals surface area contributed by atoms with Crippen LogP contribution < -0.4 is 10.6 Å². The number of thiazole rings is 1. The summed E-state index contributed by atoms with van der Waals surface area (Å²) in [5.74, 6) is -0.238. The Morgan fingerprint density at radius 2 is 1.90 bits per heavy atom. The van der Waals surface area contributed by atoms with Crippen molar-refractivity contribution in [3.8, 4) is 0 Å². The van der Waals surface area contributed by atoms with E-state index < -0.39 is 0 Å². The number of anilines is 2. The maximum atomic E-state index is 12.3. The van der Waals surface area contributed by atoms with Crippen LogP contribution >= 0.6 is 62.1 Å². The number of rotatable bonds is 7. The number of halogens is 1. The largest absolute Gasteiger partial charge is 0.325 e. The van der Waals surface area contributed by atoms with Crippen LogP contribution in [0.1, 0.15) is 10.4 Å². The average molecular weight is 553 g/mol. The van der Waals surface area contributed by atoms with Crippen molar-refractivity contribution in [2.45, 2.75) is 8.68 Å². The van der Waals surface area contributed by atoms with Crippen LogP contribution in [0.25, 0.3) is 10.2 Å². The first-order chi connectivity index (χ1) is 15.0. The first-order valence-electron chi connectivity index (χ1n) is 8.78. The summed E-state index contributed by atoms with van der Waals surface area (Å²) in [4.78, 5) is 29.2. The predicted octanol–water partition coefficient (Wildman–Crippen LogP) is 5.62. The van der Waals surface area contributed by atoms with Gasteiger partial charge in [-0.3, -0.25) is 14.9 Å². The fourth-order valence-corrected chi connectivity index (χ4v) is 6.06. The molecular weight excluding hydrogens is 538 g/mol. The van der Waals surface area contributed by atoms with Gasteiger partial charge in [-0.05, 0) is 52.5 Å². The Morgan fingerprint density at radius 1 is 1.06 bits per heavy atom. The Labute approximate surface area is 202 Å². The van der Waals surface area contributed by atoms with Crippen LogP contribution in [0.4, 0.5) is 10.8 Å². The highest BCUT2D eigenvalue weighted by Gasteiger charge is 2.14. The zero-order chi connectivity index (χ0) is 21.8. The lowest BCUT2D eigenvalue weighted by Gasteiger charge is -2.04. The Balaban J connectivity index is 1.31. The number of nitrogens with one attached hydrogen (secondary N) is 2. The summed E-state index contributed by atoms with van der Waals surface area (Å²) in [6.45, 7) is 0. The third kappa shape index (κ3) is 5.63. The van der Waals surface area contributed by atoms with Crippen molar-refractivity contribution in [2.24, 2.45) is 0 Å². The molecule has 7 nitrogen and oxygen atoms in total. The number of amides is 2. The molecule has 0 aliphatic carbocycles. The monoisotopic (exact) mass is 551 g/mol. The highest BCUT2D eigenvalue weighted by molar-refractivity contribution is 9.10. The van der Waals surface area contributed by atoms with Crippen molar-refractivity contribution in [2.75, 3.05) is 22.6 Å². The van der Waals surface area contributed by atoms with Crippen LogP contribution in [0.2, 0.25) is 0 Å². The molecule has 0 unspecified atom stereocenters. The second-order valence-electron chi connectivity index (χ2n) is 6.01. The molecule has 31 heavy (non-hydrogen) atoms. The number of thioether (sulfide) groups is 2. The van der Waals surface area contributed by atoms with Crippen molar-refractivity contribution in [3.63, 3.8) is 0 Å². The molecule has 4 aromatic rings. The molecule has 2 heterocycles. The summed E-state index contributed by atoms with van der Waals surface area (Å²) in [5.41, 5.74) is 2.16. The molecule has 2 N–H and O–H groups in total. The minimum atomic E-state index is -0.277. The molecule has 0 radical (unpaired) electrons. The summed E-state index contributed by atoms with van der Waals surface area (Å²) in [6, 6.07) is 12.8. The minimum absolute atomic E-state index is 0.145. The molecule has 4 rings (SSSR count). The van der Waals surface area contributed by atoms with Crippen molar-refractivity contribution >= 4 is 95.0 Å². The molecular formula is C19H14BrN5O2S4. The number of hydrogen-bond acceptors (Lipinski definition) is 9. The van der Waals surface area contributed by atoms with Crippen LogP contribution in [0.3, 0.4) is 0 Å². The summed E-state index contributed by atoms with van der Waals surface area (Å²) >= 11 is 9.04. The summed E-state index contributed by atoms with van der Waals surface area (Å²) in [7, 11) is 0. The molecule has 2 aromatic heterocycles. The van der Waals surface area contributed by atoms with E-state index in [4.69, 9.17) is 0 Å². The van der Waals surface area contributed by atoms with Gasteiger partial charge in [0, 0.05) is 10.2 Å². The van der Waals surface area contributed by atoms with Gasteiger partial charge >= 0.3 is 0 Å². The van der Waals surface area contributed by atoms with Crippen molar-refractivity contribution in [1.82, 2.24) is 15.2 Å². The smallest absolute Gasteiger partial charge is 0.258 e. The Hall–Kier alpha value is -1.99. The molecule has 0 saturated heterocycles. The van der Waals surface area contributed by atoms with Crippen LogP contribution in [-0.4, -0.2) is 39.0 Å². The quantitative estimate of drug-likeness (QED) is 0.227. The van der Waals surface area contributed by atoms with Gasteiger partial charge in [-0.25, -0.2) is 4.98 Å². The van der Waals surface area contributed by atoms with Gasteiger partial charge < -0.3 is 5.32 Å². The zero-order valence-electron chi connectivity index (χ0n) is 15.9. The summed E-state index contributed by atoms with van der Waals surface area (Å²) in [6.07, 6.45) is 1.99. The lowest BCUT2D eigenvalue weighted by Crippen LogP contribution is -2.13. The van der Waals surface area contributed by atoms with E-state index in [1.165, 1.54) is 23.1 Å². The zero-order valence-corrected chi connectivity index (χ0v) is 20.8. The van der Waals surface area contributed by atoms with Crippen molar-refractivity contribution < 1.29 is 9.59 Å². The topological polar surface area (TPSA) is 96.9 Å². The number of carbonyl (C=O) groups is 2. The van der Waals surface area contributed by atoms with Gasteiger partial charge in [0.2, 0.25) is 11.0 Å². The molecule has 0 aliphatic heterocycles. The van der Waals surface area contributed by atoms with Gasteiger partial charge in [0.25, 0.3) is 5.91 Å². The Bertz CT molecular complexity index is 1260. The fraction of sp³-hybridized carbons (Fsp3) is 0.105. The SMILES string of the molecule is CSc1nc2ccc(NC(=O)CSc3nnc(NC(=O)c4ccccc4Br)s3)cc2s1. The predicted molar refractivity (Wildman–Crippen MR) is 133 cm³/mol. The summed E-state index contributed by atoms with van der Waals surface area (Å²) in [5, 5.41) is 14.0. The molecule has 2 aromatic carbocycles. The molecule has 12 heteroatoms. The van der Waals surface area contributed by atoms with Crippen LogP contribution in [0.5, 0.6) is 0 Å². The van der Waals surface area contributed by atoms with Crippen LogP contribution in [-0.2, 0) is 4.79 Å². The Kier molecular flexibility index (Phi) is 7.23. The third-order valence-corrected chi connectivity index (χ3v) is 8.57. The van der Waals surface area contributed by atoms with E-state index >= 15 is 0 Å². The number of hydrogen-bond donors (Lipinski definition) is 2. The lowest BCUT2D eigenvalue weighted by atomic mass is 10.2. The summed E-state index contributed by atoms with van der Waals surface area (Å²) < 4.78 is 3.32. The molecule has 158 valence electrons. The standard InChI is InChI=1S/C19H14BrN5O2S4/c1-28-18-22-13-7-6-10(8-14(13)30-18)21-15(26)9-29-19-25-24-17(31-19)23-16(27)11-4-2-3-5-12(11)20/h2-8H,9H2,1H3,(H,21,26)(H,23,24,27). The maximum absolute atomic E-state index is 12.3. The van der Waals surface area contributed by atoms with Gasteiger partial charge in [0.05, 0.1) is 21.5 Å². The molecule has 0 saturated carbocycles. The highest BCUT2D eigenvalue weighted by Crippen LogP contribution is 2.30. The molecule has 0 atom stereocenters. The van der Waals surface area contributed by atoms with Gasteiger partial charge in [0.15, 0.2) is 8.68 Å². The van der Waals surface area contributed by atoms with Gasteiger partial charge in [-0.1, -0.05) is 47.0 Å². The second kappa shape index (κ2) is 10.1. The second-order valence-corrected chi connectivity index (χ2v) is 11.1. The van der Waals surface area contributed by atoms with E-state index in [1.54, 1.807) is 41.3 Å². The van der Waals surface area contributed by atoms with E-state index in [1.807, 2.05) is 30.5 Å². The van der Waals surface area contributed by atoms with E-state index in [-0.39, 0.29) is 17.6 Å². The highest BCUT2D eigenvalue weighted by atomic mass is 79.9. The van der Waals surface area contributed by atoms with Gasteiger partial charge in [-0.15, -0.1) is 21.5 Å². The molecule has 0 aliphatic rings. The third-order valence-electron chi connectivity index (χ3n) is 3.90. The van der Waals surface area contributed by atoms with Crippen molar-refractivity contribution in [1.29, 1.82) is 0 Å². The number of aromatic nitrogens is 3. The number of benzene rings is 2. The number of nitrogens with zero attached hydrogens (tertiary/aromatic N) is 3. The van der Waals surface area contributed by atoms with Gasteiger partial charge in [-0.2, -0.15) is 0 Å². The first kappa shape index (κ1) is 22.2. The van der Waals surface area contributed by atoms with E-state index in [0.29, 0.717) is 19.5 Å². The fourth-order valence-electron chi connectivity index (χ4n) is 2.52. The van der Waals surface area contributed by atoms with E-state index in [9.17, 15) is 9.59 Å². The number of fused-ring (bicyclic) bond motifs is 1. The van der Waals surface area contributed by atoms with E-state index in [0.717, 1.165) is 20.2 Å². The lowest BCUT2D eigenvalue weighted by molar-refractivity contribution is -0.113. The minimum Gasteiger partial charge on any atom is -0.325 e. The maximum Gasteiger partial charge on any atom is 0.258 e. The normalized spacial score (nSPS) is 10.9. The van der Waals surface area contributed by atoms with E-state index in [2.05, 4.69) is 41.7 Å². The Morgan fingerprint density at radius 3 is 2.71 bits per heavy atom. The van der Waals surface area contributed by atoms with Gasteiger partial charge in [0.1, 0.15) is 0 Å². The van der Waals surface area contributed by atoms with Crippen LogP contribution in [0, 0.1) is 0 Å². The molecule has 2 amide bonds. The number of carbonyl (C=O) groups excluding carboxylic acids is 2. The first-order valence-corrected chi connectivity index (χ1v) is 13.4. The molecule has 0 spiro atoms. The average Bonchev–Trinajstić information content (AvgIpc) is 3.38. The van der Waals surface area contributed by atoms with Crippen molar-refractivity contribution in [3.05, 3.63) is 52.5 Å². The molecule has 0 fully saturated rings. The van der Waals surface area contributed by atoms with Crippen LogP contribution in [0.15, 0.2) is 55.6 Å². The molecule has 0 bridgehead atoms.